The first-order valence-electron chi connectivity index (χ1n) is 9.11. The summed E-state index contributed by atoms with van der Waals surface area (Å²) in [5.41, 5.74) is 1.12. The van der Waals surface area contributed by atoms with Crippen molar-refractivity contribution < 1.29 is 14.2 Å². The minimum Gasteiger partial charge on any atom is -0.490 e. The minimum atomic E-state index is 0.689. The van der Waals surface area contributed by atoms with E-state index in [1.54, 1.807) is 0 Å². The number of benzene rings is 1. The molecule has 0 spiro atoms. The summed E-state index contributed by atoms with van der Waals surface area (Å²) in [6.07, 6.45) is 7.14. The third-order valence-electron chi connectivity index (χ3n) is 3.62. The maximum absolute atomic E-state index is 6.00. The Hall–Kier alpha value is -1.38. The fourth-order valence-electron chi connectivity index (χ4n) is 2.10. The molecule has 1 radical (unpaired) electrons. The zero-order valence-corrected chi connectivity index (χ0v) is 15.2. The van der Waals surface area contributed by atoms with Crippen molar-refractivity contribution in [3.63, 3.8) is 0 Å². The number of hydrogen-bond acceptors (Lipinski definition) is 3. The van der Waals surface area contributed by atoms with Crippen LogP contribution in [0.25, 0.3) is 0 Å². The lowest BCUT2D eigenvalue weighted by molar-refractivity contribution is 0.237. The number of unbranched alkanes of at least 4 members (excludes halogenated alkanes) is 3. The first-order chi connectivity index (χ1) is 11.3. The third kappa shape index (κ3) is 7.15. The molecular formula is C20H33O3. The van der Waals surface area contributed by atoms with Gasteiger partial charge < -0.3 is 14.2 Å². The van der Waals surface area contributed by atoms with Crippen molar-refractivity contribution in [2.45, 2.75) is 65.7 Å². The summed E-state index contributed by atoms with van der Waals surface area (Å²) in [4.78, 5) is 0. The molecule has 0 amide bonds. The van der Waals surface area contributed by atoms with E-state index in [1.165, 1.54) is 0 Å². The summed E-state index contributed by atoms with van der Waals surface area (Å²) in [7, 11) is 0. The van der Waals surface area contributed by atoms with Crippen molar-refractivity contribution in [3.05, 3.63) is 24.6 Å². The maximum atomic E-state index is 6.00. The molecule has 0 bridgehead atoms. The van der Waals surface area contributed by atoms with Gasteiger partial charge in [0, 0.05) is 0 Å². The molecule has 1 aromatic carbocycles. The number of hydrogen-bond donors (Lipinski definition) is 0. The molecule has 0 saturated carbocycles. The molecule has 23 heavy (non-hydrogen) atoms. The summed E-state index contributed by atoms with van der Waals surface area (Å²) in [5.74, 6) is 2.34. The largest absolute Gasteiger partial charge is 0.490 e. The Kier molecular flexibility index (Phi) is 10.3. The van der Waals surface area contributed by atoms with Crippen LogP contribution in [0.4, 0.5) is 0 Å². The van der Waals surface area contributed by atoms with Gasteiger partial charge in [0.15, 0.2) is 11.5 Å². The fourth-order valence-corrected chi connectivity index (χ4v) is 2.10. The molecule has 1 rings (SSSR count). The highest BCUT2D eigenvalue weighted by molar-refractivity contribution is 5.54. The van der Waals surface area contributed by atoms with E-state index < -0.39 is 0 Å². The van der Waals surface area contributed by atoms with Crippen LogP contribution in [0.5, 0.6) is 17.2 Å². The average molecular weight is 321 g/mol. The molecule has 0 aliphatic heterocycles. The normalized spacial score (nSPS) is 10.6. The summed E-state index contributed by atoms with van der Waals surface area (Å²) in [6, 6.07) is 4.08. The second kappa shape index (κ2) is 12.1. The van der Waals surface area contributed by atoms with Gasteiger partial charge in [0.25, 0.3) is 0 Å². The maximum Gasteiger partial charge on any atom is 0.203 e. The zero-order chi connectivity index (χ0) is 16.9. The quantitative estimate of drug-likeness (QED) is 0.443. The van der Waals surface area contributed by atoms with Crippen LogP contribution >= 0.6 is 0 Å². The molecule has 1 aromatic rings. The molecule has 0 unspecified atom stereocenters. The summed E-state index contributed by atoms with van der Waals surface area (Å²) in [5, 5.41) is 0. The molecular weight excluding hydrogens is 288 g/mol. The first-order valence-corrected chi connectivity index (χ1v) is 9.11. The summed E-state index contributed by atoms with van der Waals surface area (Å²) < 4.78 is 17.9. The first kappa shape index (κ1) is 19.7. The van der Waals surface area contributed by atoms with Crippen molar-refractivity contribution in [2.75, 3.05) is 19.8 Å². The van der Waals surface area contributed by atoms with Gasteiger partial charge in [0.05, 0.1) is 19.8 Å². The fraction of sp³-hybridized carbons (Fsp3) is 0.650. The van der Waals surface area contributed by atoms with Crippen molar-refractivity contribution in [1.29, 1.82) is 0 Å². The Balaban J connectivity index is 2.97. The highest BCUT2D eigenvalue weighted by atomic mass is 16.5. The van der Waals surface area contributed by atoms with Crippen LogP contribution in [-0.2, 0) is 6.42 Å². The van der Waals surface area contributed by atoms with Crippen LogP contribution in [0.15, 0.2) is 12.1 Å². The predicted molar refractivity (Wildman–Crippen MR) is 96.7 cm³/mol. The van der Waals surface area contributed by atoms with Gasteiger partial charge in [-0.05, 0) is 50.3 Å². The molecule has 3 nitrogen and oxygen atoms in total. The second-order valence-corrected chi connectivity index (χ2v) is 5.78. The number of rotatable bonds is 13. The third-order valence-corrected chi connectivity index (χ3v) is 3.62. The highest BCUT2D eigenvalue weighted by Crippen LogP contribution is 2.39. The van der Waals surface area contributed by atoms with E-state index in [0.29, 0.717) is 26.2 Å². The van der Waals surface area contributed by atoms with Gasteiger partial charge in [-0.3, -0.25) is 0 Å². The van der Waals surface area contributed by atoms with Gasteiger partial charge in [0.1, 0.15) is 0 Å². The lowest BCUT2D eigenvalue weighted by Gasteiger charge is -2.18. The van der Waals surface area contributed by atoms with E-state index >= 15 is 0 Å². The van der Waals surface area contributed by atoms with Crippen molar-refractivity contribution in [3.8, 4) is 17.2 Å². The Morgan fingerprint density at radius 2 is 1.17 bits per heavy atom. The van der Waals surface area contributed by atoms with Crippen LogP contribution in [0, 0.1) is 6.92 Å². The summed E-state index contributed by atoms with van der Waals surface area (Å²) >= 11 is 0. The van der Waals surface area contributed by atoms with E-state index in [4.69, 9.17) is 14.2 Å². The molecule has 0 fully saturated rings. The van der Waals surface area contributed by atoms with Gasteiger partial charge in [-0.1, -0.05) is 40.0 Å². The Morgan fingerprint density at radius 3 is 1.57 bits per heavy atom. The van der Waals surface area contributed by atoms with E-state index in [0.717, 1.165) is 61.3 Å². The van der Waals surface area contributed by atoms with Gasteiger partial charge in [-0.25, -0.2) is 0 Å². The van der Waals surface area contributed by atoms with Gasteiger partial charge in [0.2, 0.25) is 5.75 Å². The Labute approximate surface area is 142 Å². The van der Waals surface area contributed by atoms with Crippen LogP contribution in [-0.4, -0.2) is 19.8 Å². The van der Waals surface area contributed by atoms with Crippen LogP contribution in [0.1, 0.15) is 64.9 Å². The van der Waals surface area contributed by atoms with Gasteiger partial charge >= 0.3 is 0 Å². The van der Waals surface area contributed by atoms with Gasteiger partial charge in [-0.15, -0.1) is 0 Å². The molecule has 0 aromatic heterocycles. The topological polar surface area (TPSA) is 27.7 Å². The smallest absolute Gasteiger partial charge is 0.203 e. The Bertz CT molecular complexity index is 398. The number of ether oxygens (including phenoxy) is 3. The van der Waals surface area contributed by atoms with Gasteiger partial charge in [-0.2, -0.15) is 0 Å². The highest BCUT2D eigenvalue weighted by Gasteiger charge is 2.15. The van der Waals surface area contributed by atoms with Crippen LogP contribution in [0.2, 0.25) is 0 Å². The van der Waals surface area contributed by atoms with E-state index in [2.05, 4.69) is 27.7 Å². The van der Waals surface area contributed by atoms with Crippen LogP contribution in [0.3, 0.4) is 0 Å². The molecule has 0 heterocycles. The SMILES string of the molecule is [CH2]Cc1cc(OCCCC)c(OCCCC)c(OCCCC)c1. The molecule has 0 atom stereocenters. The molecule has 0 saturated heterocycles. The predicted octanol–water partition coefficient (Wildman–Crippen LogP) is 5.60. The second-order valence-electron chi connectivity index (χ2n) is 5.78. The standard InChI is InChI=1S/C20H33O3/c1-5-9-12-21-18-15-17(8-4)16-19(22-13-10-6-2)20(18)23-14-11-7-3/h15-16H,4-14H2,1-3H3. The Morgan fingerprint density at radius 1 is 0.739 bits per heavy atom. The van der Waals surface area contributed by atoms with Crippen molar-refractivity contribution in [1.82, 2.24) is 0 Å². The van der Waals surface area contributed by atoms with E-state index in [1.807, 2.05) is 12.1 Å². The lowest BCUT2D eigenvalue weighted by atomic mass is 10.1. The van der Waals surface area contributed by atoms with Crippen molar-refractivity contribution >= 4 is 0 Å². The average Bonchev–Trinajstić information content (AvgIpc) is 2.57. The molecule has 0 aliphatic rings. The monoisotopic (exact) mass is 321 g/mol. The molecule has 131 valence electrons. The minimum absolute atomic E-state index is 0.689. The molecule has 0 N–H and O–H groups in total. The van der Waals surface area contributed by atoms with E-state index in [9.17, 15) is 0 Å². The summed E-state index contributed by atoms with van der Waals surface area (Å²) in [6.45, 7) is 12.6. The lowest BCUT2D eigenvalue weighted by Crippen LogP contribution is -2.06. The van der Waals surface area contributed by atoms with E-state index in [-0.39, 0.29) is 0 Å². The van der Waals surface area contributed by atoms with Crippen LogP contribution < -0.4 is 14.2 Å². The molecule has 3 heteroatoms. The van der Waals surface area contributed by atoms with Crippen molar-refractivity contribution in [2.24, 2.45) is 0 Å². The zero-order valence-electron chi connectivity index (χ0n) is 15.2. The molecule has 0 aliphatic carbocycles.